The van der Waals surface area contributed by atoms with Gasteiger partial charge in [0.2, 0.25) is 0 Å². The fraction of sp³-hybridized carbons (Fsp3) is 0.462. The highest BCUT2D eigenvalue weighted by Gasteiger charge is 2.30. The summed E-state index contributed by atoms with van der Waals surface area (Å²) in [5, 5.41) is 0. The second kappa shape index (κ2) is 4.26. The van der Waals surface area contributed by atoms with Gasteiger partial charge in [0.1, 0.15) is 11.9 Å². The van der Waals surface area contributed by atoms with Crippen LogP contribution in [0.15, 0.2) is 24.3 Å². The van der Waals surface area contributed by atoms with E-state index in [1.807, 2.05) is 38.4 Å². The lowest BCUT2D eigenvalue weighted by molar-refractivity contribution is 0.0665. The molecule has 0 aromatic heterocycles. The number of rotatable bonds is 2. The van der Waals surface area contributed by atoms with Crippen molar-refractivity contribution in [1.29, 1.82) is 0 Å². The number of likely N-dealkylation sites (N-methyl/N-ethyl adjacent to an activating group) is 1. The summed E-state index contributed by atoms with van der Waals surface area (Å²) in [6, 6.07) is 7.69. The third-order valence-electron chi connectivity index (χ3n) is 3.20. The highest BCUT2D eigenvalue weighted by Crippen LogP contribution is 2.28. The van der Waals surface area contributed by atoms with Crippen molar-refractivity contribution in [3.8, 4) is 5.75 Å². The molecule has 0 fully saturated rings. The van der Waals surface area contributed by atoms with Crippen LogP contribution in [-0.4, -0.2) is 36.9 Å². The smallest absolute Gasteiger partial charge is 0.170 e. The number of fused-ring (bicyclic) bond motifs is 1. The minimum absolute atomic E-state index is 0.0441. The van der Waals surface area contributed by atoms with Gasteiger partial charge in [0, 0.05) is 12.5 Å². The third kappa shape index (κ3) is 1.95. The molecule has 0 saturated carbocycles. The van der Waals surface area contributed by atoms with Gasteiger partial charge >= 0.3 is 0 Å². The van der Waals surface area contributed by atoms with Crippen molar-refractivity contribution in [3.05, 3.63) is 29.8 Å². The molecule has 0 bridgehead atoms. The molecule has 0 amide bonds. The van der Waals surface area contributed by atoms with Gasteiger partial charge in [-0.05, 0) is 33.2 Å². The summed E-state index contributed by atoms with van der Waals surface area (Å²) in [5.41, 5.74) is 0.713. The van der Waals surface area contributed by atoms with Gasteiger partial charge in [-0.15, -0.1) is 0 Å². The zero-order valence-electron chi connectivity index (χ0n) is 9.93. The third-order valence-corrected chi connectivity index (χ3v) is 3.20. The Kier molecular flexibility index (Phi) is 2.97. The van der Waals surface area contributed by atoms with Gasteiger partial charge in [-0.3, -0.25) is 4.79 Å². The normalized spacial score (nSPS) is 21.5. The first-order valence-corrected chi connectivity index (χ1v) is 5.55. The molecule has 2 rings (SSSR count). The van der Waals surface area contributed by atoms with Crippen LogP contribution in [0, 0.1) is 0 Å². The second-order valence-electron chi connectivity index (χ2n) is 4.48. The molecule has 0 saturated heterocycles. The highest BCUT2D eigenvalue weighted by atomic mass is 16.5. The summed E-state index contributed by atoms with van der Waals surface area (Å²) in [5.74, 6) is 0.901. The van der Waals surface area contributed by atoms with Crippen LogP contribution in [0.2, 0.25) is 0 Å². The Morgan fingerprint density at radius 1 is 1.38 bits per heavy atom. The van der Waals surface area contributed by atoms with E-state index in [-0.39, 0.29) is 17.9 Å². The highest BCUT2D eigenvalue weighted by molar-refractivity contribution is 5.99. The Morgan fingerprint density at radius 3 is 2.75 bits per heavy atom. The summed E-state index contributed by atoms with van der Waals surface area (Å²) in [7, 11) is 4.00. The molecule has 1 aromatic rings. The SMILES string of the molecule is CC(C1CC(=O)c2ccccc2O1)N(C)C. The van der Waals surface area contributed by atoms with E-state index in [0.29, 0.717) is 12.0 Å². The average Bonchev–Trinajstić information content (AvgIpc) is 2.28. The molecular weight excluding hydrogens is 202 g/mol. The van der Waals surface area contributed by atoms with Gasteiger partial charge in [-0.1, -0.05) is 12.1 Å². The number of para-hydroxylation sites is 1. The van der Waals surface area contributed by atoms with Gasteiger partial charge in [0.25, 0.3) is 0 Å². The van der Waals surface area contributed by atoms with E-state index in [9.17, 15) is 4.79 Å². The van der Waals surface area contributed by atoms with E-state index in [1.165, 1.54) is 0 Å². The molecule has 1 aliphatic heterocycles. The first-order chi connectivity index (χ1) is 7.59. The lowest BCUT2D eigenvalue weighted by Gasteiger charge is -2.32. The number of carbonyl (C=O) groups excluding carboxylic acids is 1. The minimum atomic E-state index is -0.0441. The second-order valence-corrected chi connectivity index (χ2v) is 4.48. The zero-order valence-corrected chi connectivity index (χ0v) is 9.93. The van der Waals surface area contributed by atoms with Gasteiger partial charge < -0.3 is 9.64 Å². The summed E-state index contributed by atoms with van der Waals surface area (Å²) in [4.78, 5) is 14.0. The predicted molar refractivity (Wildman–Crippen MR) is 63.0 cm³/mol. The molecule has 1 aliphatic rings. The van der Waals surface area contributed by atoms with E-state index in [0.717, 1.165) is 5.75 Å². The topological polar surface area (TPSA) is 29.5 Å². The molecule has 1 aromatic carbocycles. The van der Waals surface area contributed by atoms with E-state index in [1.54, 1.807) is 0 Å². The maximum atomic E-state index is 11.9. The number of Topliss-reactive ketones (excluding diaryl/α,β-unsaturated/α-hetero) is 1. The van der Waals surface area contributed by atoms with Crippen LogP contribution in [0.25, 0.3) is 0 Å². The number of benzene rings is 1. The molecule has 2 unspecified atom stereocenters. The van der Waals surface area contributed by atoms with Crippen LogP contribution in [0.5, 0.6) is 5.75 Å². The first kappa shape index (κ1) is 11.1. The number of ether oxygens (including phenoxy) is 1. The number of ketones is 1. The first-order valence-electron chi connectivity index (χ1n) is 5.55. The van der Waals surface area contributed by atoms with Gasteiger partial charge in [-0.25, -0.2) is 0 Å². The van der Waals surface area contributed by atoms with Crippen molar-refractivity contribution in [2.24, 2.45) is 0 Å². The van der Waals surface area contributed by atoms with E-state index >= 15 is 0 Å². The van der Waals surface area contributed by atoms with Crippen LogP contribution >= 0.6 is 0 Å². The molecule has 0 spiro atoms. The molecule has 3 heteroatoms. The van der Waals surface area contributed by atoms with Crippen LogP contribution in [0.3, 0.4) is 0 Å². The monoisotopic (exact) mass is 219 g/mol. The molecule has 0 N–H and O–H groups in total. The minimum Gasteiger partial charge on any atom is -0.488 e. The van der Waals surface area contributed by atoms with Crippen LogP contribution in [0.4, 0.5) is 0 Å². The standard InChI is InChI=1S/C13H17NO2/c1-9(14(2)3)13-8-11(15)10-6-4-5-7-12(10)16-13/h4-7,9,13H,8H2,1-3H3. The molecule has 16 heavy (non-hydrogen) atoms. The summed E-state index contributed by atoms with van der Waals surface area (Å²) in [6.07, 6.45) is 0.425. The van der Waals surface area contributed by atoms with Gasteiger partial charge in [-0.2, -0.15) is 0 Å². The summed E-state index contributed by atoms with van der Waals surface area (Å²) >= 11 is 0. The lowest BCUT2D eigenvalue weighted by atomic mass is 9.97. The van der Waals surface area contributed by atoms with E-state index < -0.39 is 0 Å². The number of carbonyl (C=O) groups is 1. The van der Waals surface area contributed by atoms with Crippen LogP contribution < -0.4 is 4.74 Å². The average molecular weight is 219 g/mol. The predicted octanol–water partition coefficient (Wildman–Crippen LogP) is 1.97. The van der Waals surface area contributed by atoms with E-state index in [2.05, 4.69) is 11.8 Å². The largest absolute Gasteiger partial charge is 0.488 e. The number of hydrogen-bond acceptors (Lipinski definition) is 3. The summed E-state index contributed by atoms with van der Waals surface area (Å²) < 4.78 is 5.86. The Hall–Kier alpha value is -1.35. The molecular formula is C13H17NO2. The Balaban J connectivity index is 2.24. The van der Waals surface area contributed by atoms with Crippen molar-refractivity contribution in [2.45, 2.75) is 25.5 Å². The molecule has 3 nitrogen and oxygen atoms in total. The van der Waals surface area contributed by atoms with Crippen molar-refractivity contribution < 1.29 is 9.53 Å². The Morgan fingerprint density at radius 2 is 2.06 bits per heavy atom. The summed E-state index contributed by atoms with van der Waals surface area (Å²) in [6.45, 7) is 2.08. The Labute approximate surface area is 96.0 Å². The van der Waals surface area contributed by atoms with Crippen molar-refractivity contribution in [3.63, 3.8) is 0 Å². The lowest BCUT2D eigenvalue weighted by Crippen LogP contribution is -2.43. The zero-order chi connectivity index (χ0) is 11.7. The van der Waals surface area contributed by atoms with Crippen LogP contribution in [-0.2, 0) is 0 Å². The molecule has 0 aliphatic carbocycles. The quantitative estimate of drug-likeness (QED) is 0.761. The number of nitrogens with zero attached hydrogens (tertiary/aromatic N) is 1. The molecule has 0 radical (unpaired) electrons. The van der Waals surface area contributed by atoms with Crippen molar-refractivity contribution in [1.82, 2.24) is 4.90 Å². The molecule has 86 valence electrons. The van der Waals surface area contributed by atoms with Crippen molar-refractivity contribution in [2.75, 3.05) is 14.1 Å². The fourth-order valence-corrected chi connectivity index (χ4v) is 1.90. The van der Waals surface area contributed by atoms with E-state index in [4.69, 9.17) is 4.74 Å². The maximum absolute atomic E-state index is 11.9. The molecule has 2 atom stereocenters. The molecule has 1 heterocycles. The Bertz CT molecular complexity index is 401. The van der Waals surface area contributed by atoms with Crippen molar-refractivity contribution >= 4 is 5.78 Å². The fourth-order valence-electron chi connectivity index (χ4n) is 1.90. The van der Waals surface area contributed by atoms with Crippen LogP contribution in [0.1, 0.15) is 23.7 Å². The van der Waals surface area contributed by atoms with Gasteiger partial charge in [0.15, 0.2) is 5.78 Å². The maximum Gasteiger partial charge on any atom is 0.170 e. The van der Waals surface area contributed by atoms with Gasteiger partial charge in [0.05, 0.1) is 5.56 Å². The number of hydrogen-bond donors (Lipinski definition) is 0.